The van der Waals surface area contributed by atoms with Gasteiger partial charge in [-0.25, -0.2) is 4.39 Å². The molecule has 1 atom stereocenters. The topological polar surface area (TPSA) is 43.7 Å². The van der Waals surface area contributed by atoms with Crippen molar-refractivity contribution in [1.29, 1.82) is 0 Å². The van der Waals surface area contributed by atoms with Crippen LogP contribution >= 0.6 is 0 Å². The van der Waals surface area contributed by atoms with E-state index in [1.54, 1.807) is 6.07 Å². The summed E-state index contributed by atoms with van der Waals surface area (Å²) in [6.07, 6.45) is 1.01. The minimum atomic E-state index is -1.62. The number of hydrogen-bond donors (Lipinski definition) is 2. The zero-order valence-corrected chi connectivity index (χ0v) is 10.5. The molecule has 0 aromatic heterocycles. The number of benzene rings is 1. The van der Waals surface area contributed by atoms with Crippen molar-refractivity contribution in [2.24, 2.45) is 0 Å². The first-order valence-corrected chi connectivity index (χ1v) is 5.80. The fourth-order valence-electron chi connectivity index (χ4n) is 1.59. The molecule has 5 heteroatoms. The van der Waals surface area contributed by atoms with Gasteiger partial charge in [0.25, 0.3) is 0 Å². The third-order valence-corrected chi connectivity index (χ3v) is 3.14. The lowest BCUT2D eigenvalue weighted by molar-refractivity contribution is 0.241. The van der Waals surface area contributed by atoms with Gasteiger partial charge < -0.3 is 10.0 Å². The Kier molecular flexibility index (Phi) is 5.12. The van der Waals surface area contributed by atoms with Crippen LogP contribution in [0.2, 0.25) is 0 Å². The first kappa shape index (κ1) is 14.2. The molecule has 1 aromatic rings. The summed E-state index contributed by atoms with van der Waals surface area (Å²) in [5.74, 6) is -0.397. The molecule has 1 aromatic carbocycles. The van der Waals surface area contributed by atoms with Gasteiger partial charge in [0.05, 0.1) is 0 Å². The summed E-state index contributed by atoms with van der Waals surface area (Å²) in [7, 11) is 0.327. The van der Waals surface area contributed by atoms with Crippen molar-refractivity contribution >= 4 is 12.6 Å². The fraction of sp³-hybridized carbons (Fsp3) is 0.500. The summed E-state index contributed by atoms with van der Waals surface area (Å²) in [4.78, 5) is 2.06. The largest absolute Gasteiger partial charge is 0.488 e. The smallest absolute Gasteiger partial charge is 0.423 e. The van der Waals surface area contributed by atoms with Gasteiger partial charge in [0.2, 0.25) is 0 Å². The Bertz CT molecular complexity index is 374. The van der Waals surface area contributed by atoms with Gasteiger partial charge in [-0.1, -0.05) is 19.1 Å². The summed E-state index contributed by atoms with van der Waals surface area (Å²) in [5.41, 5.74) is 0.745. The van der Waals surface area contributed by atoms with Crippen LogP contribution in [0.1, 0.15) is 25.8 Å². The molecule has 0 saturated carbocycles. The highest BCUT2D eigenvalue weighted by Gasteiger charge is 2.15. The quantitative estimate of drug-likeness (QED) is 0.744. The maximum absolute atomic E-state index is 13.7. The second-order valence-electron chi connectivity index (χ2n) is 4.40. The van der Waals surface area contributed by atoms with E-state index in [9.17, 15) is 4.39 Å². The number of nitrogens with zero attached hydrogens (tertiary/aromatic N) is 1. The zero-order valence-electron chi connectivity index (χ0n) is 10.5. The van der Waals surface area contributed by atoms with E-state index in [2.05, 4.69) is 18.7 Å². The molecule has 0 bridgehead atoms. The Balaban J connectivity index is 2.79. The molecule has 1 unspecified atom stereocenters. The van der Waals surface area contributed by atoms with Gasteiger partial charge in [0, 0.05) is 18.2 Å². The second-order valence-corrected chi connectivity index (χ2v) is 4.40. The molecule has 94 valence electrons. The minimum absolute atomic E-state index is 0.178. The lowest BCUT2D eigenvalue weighted by atomic mass is 9.80. The van der Waals surface area contributed by atoms with E-state index in [0.717, 1.165) is 6.42 Å². The second kappa shape index (κ2) is 6.14. The molecule has 3 nitrogen and oxygen atoms in total. The Labute approximate surface area is 102 Å². The highest BCUT2D eigenvalue weighted by atomic mass is 19.1. The van der Waals surface area contributed by atoms with Gasteiger partial charge in [-0.05, 0) is 31.9 Å². The first-order valence-electron chi connectivity index (χ1n) is 5.80. The molecule has 0 heterocycles. The first-order chi connectivity index (χ1) is 7.95. The van der Waals surface area contributed by atoms with Crippen molar-refractivity contribution in [2.75, 3.05) is 7.05 Å². The molecule has 0 aliphatic heterocycles. The highest BCUT2D eigenvalue weighted by molar-refractivity contribution is 6.58. The van der Waals surface area contributed by atoms with Gasteiger partial charge in [0.1, 0.15) is 5.82 Å². The summed E-state index contributed by atoms with van der Waals surface area (Å²) in [6.45, 7) is 4.69. The summed E-state index contributed by atoms with van der Waals surface area (Å²) in [5, 5.41) is 17.9. The van der Waals surface area contributed by atoms with Crippen molar-refractivity contribution in [3.05, 3.63) is 29.6 Å². The molecule has 0 spiro atoms. The van der Waals surface area contributed by atoms with E-state index in [4.69, 9.17) is 10.0 Å². The van der Waals surface area contributed by atoms with Gasteiger partial charge >= 0.3 is 7.12 Å². The van der Waals surface area contributed by atoms with Crippen LogP contribution in [-0.4, -0.2) is 35.2 Å². The molecule has 0 fully saturated rings. The molecular formula is C12H19BFNO2. The Morgan fingerprint density at radius 2 is 2.06 bits per heavy atom. The van der Waals surface area contributed by atoms with Crippen LogP contribution in [0, 0.1) is 5.82 Å². The molecular weight excluding hydrogens is 220 g/mol. The van der Waals surface area contributed by atoms with Crippen molar-refractivity contribution < 1.29 is 14.4 Å². The maximum Gasteiger partial charge on any atom is 0.488 e. The molecule has 0 amide bonds. The summed E-state index contributed by atoms with van der Waals surface area (Å²) in [6, 6.07) is 4.69. The van der Waals surface area contributed by atoms with Crippen molar-refractivity contribution in [2.45, 2.75) is 32.9 Å². The molecule has 17 heavy (non-hydrogen) atoms. The van der Waals surface area contributed by atoms with Gasteiger partial charge in [-0.3, -0.25) is 4.90 Å². The SMILES string of the molecule is CCC(C)N(C)Cc1ccc(B(O)O)cc1F. The molecule has 0 radical (unpaired) electrons. The number of hydrogen-bond acceptors (Lipinski definition) is 3. The normalized spacial score (nSPS) is 12.9. The van der Waals surface area contributed by atoms with Crippen molar-refractivity contribution in [3.8, 4) is 0 Å². The highest BCUT2D eigenvalue weighted by Crippen LogP contribution is 2.11. The zero-order chi connectivity index (χ0) is 13.0. The van der Waals surface area contributed by atoms with Crippen LogP contribution in [0.15, 0.2) is 18.2 Å². The predicted octanol–water partition coefficient (Wildman–Crippen LogP) is 0.736. The van der Waals surface area contributed by atoms with Crippen LogP contribution in [-0.2, 0) is 6.54 Å². The van der Waals surface area contributed by atoms with Crippen LogP contribution in [0.5, 0.6) is 0 Å². The van der Waals surface area contributed by atoms with E-state index in [1.165, 1.54) is 12.1 Å². The van der Waals surface area contributed by atoms with Crippen LogP contribution in [0.25, 0.3) is 0 Å². The predicted molar refractivity (Wildman–Crippen MR) is 67.4 cm³/mol. The Morgan fingerprint density at radius 3 is 2.53 bits per heavy atom. The third-order valence-electron chi connectivity index (χ3n) is 3.14. The standard InChI is InChI=1S/C12H19BFNO2/c1-4-9(2)15(3)8-10-5-6-11(13(16)17)7-12(10)14/h5-7,9,16-17H,4,8H2,1-3H3. The maximum atomic E-state index is 13.7. The van der Waals surface area contributed by atoms with Crippen molar-refractivity contribution in [1.82, 2.24) is 4.90 Å². The summed E-state index contributed by atoms with van der Waals surface area (Å²) < 4.78 is 13.7. The molecule has 0 aliphatic carbocycles. The van der Waals surface area contributed by atoms with E-state index in [0.29, 0.717) is 18.2 Å². The Morgan fingerprint density at radius 1 is 1.41 bits per heavy atom. The van der Waals surface area contributed by atoms with E-state index < -0.39 is 12.9 Å². The van der Waals surface area contributed by atoms with Gasteiger partial charge in [-0.15, -0.1) is 0 Å². The third kappa shape index (κ3) is 3.80. The molecule has 1 rings (SSSR count). The van der Waals surface area contributed by atoms with Gasteiger partial charge in [-0.2, -0.15) is 0 Å². The van der Waals surface area contributed by atoms with E-state index >= 15 is 0 Å². The number of rotatable bonds is 5. The molecule has 2 N–H and O–H groups in total. The van der Waals surface area contributed by atoms with Crippen molar-refractivity contribution in [3.63, 3.8) is 0 Å². The lowest BCUT2D eigenvalue weighted by Gasteiger charge is -2.23. The van der Waals surface area contributed by atoms with E-state index in [-0.39, 0.29) is 5.46 Å². The average Bonchev–Trinajstić information content (AvgIpc) is 2.30. The van der Waals surface area contributed by atoms with Crippen LogP contribution in [0.3, 0.4) is 0 Å². The molecule has 0 saturated heterocycles. The van der Waals surface area contributed by atoms with Crippen LogP contribution < -0.4 is 5.46 Å². The summed E-state index contributed by atoms with van der Waals surface area (Å²) >= 11 is 0. The fourth-order valence-corrected chi connectivity index (χ4v) is 1.59. The lowest BCUT2D eigenvalue weighted by Crippen LogP contribution is -2.31. The Hall–Kier alpha value is -0.905. The minimum Gasteiger partial charge on any atom is -0.423 e. The van der Waals surface area contributed by atoms with Gasteiger partial charge in [0.15, 0.2) is 0 Å². The van der Waals surface area contributed by atoms with E-state index in [1.807, 2.05) is 7.05 Å². The average molecular weight is 239 g/mol. The number of halogens is 1. The molecule has 0 aliphatic rings. The monoisotopic (exact) mass is 239 g/mol. The van der Waals surface area contributed by atoms with Crippen LogP contribution in [0.4, 0.5) is 4.39 Å².